The normalized spacial score (nSPS) is 20.2. The van der Waals surface area contributed by atoms with Crippen LogP contribution in [0.3, 0.4) is 0 Å². The number of imidazole rings is 1. The minimum absolute atomic E-state index is 0.103. The van der Waals surface area contributed by atoms with Crippen LogP contribution >= 0.6 is 11.3 Å². The third-order valence-electron chi connectivity index (χ3n) is 3.76. The summed E-state index contributed by atoms with van der Waals surface area (Å²) in [5.41, 5.74) is 1.27. The molecule has 3 heterocycles. The Hall–Kier alpha value is -1.17. The molecule has 0 bridgehead atoms. The first-order valence-electron chi connectivity index (χ1n) is 7.03. The second kappa shape index (κ2) is 5.68. The molecule has 0 amide bonds. The Morgan fingerprint density at radius 2 is 2.45 bits per heavy atom. The van der Waals surface area contributed by atoms with Gasteiger partial charge in [0.25, 0.3) is 0 Å². The number of ether oxygens (including phenoxy) is 1. The van der Waals surface area contributed by atoms with Crippen LogP contribution in [0.15, 0.2) is 30.0 Å². The molecule has 1 atom stereocenters. The molecule has 5 heteroatoms. The number of aromatic nitrogens is 2. The van der Waals surface area contributed by atoms with E-state index in [0.717, 1.165) is 26.2 Å². The van der Waals surface area contributed by atoms with Crippen molar-refractivity contribution in [3.63, 3.8) is 0 Å². The molecule has 2 aromatic heterocycles. The molecule has 0 aromatic carbocycles. The van der Waals surface area contributed by atoms with Gasteiger partial charge in [0.1, 0.15) is 6.10 Å². The van der Waals surface area contributed by atoms with Crippen molar-refractivity contribution >= 4 is 11.3 Å². The highest BCUT2D eigenvalue weighted by molar-refractivity contribution is 7.10. The molecule has 1 aliphatic heterocycles. The van der Waals surface area contributed by atoms with Gasteiger partial charge in [-0.05, 0) is 11.4 Å². The van der Waals surface area contributed by atoms with E-state index in [1.807, 2.05) is 23.9 Å². The molecule has 1 saturated heterocycles. The number of hydrogen-bond donors (Lipinski definition) is 1. The fourth-order valence-corrected chi connectivity index (χ4v) is 3.50. The van der Waals surface area contributed by atoms with Crippen molar-refractivity contribution in [2.75, 3.05) is 19.7 Å². The van der Waals surface area contributed by atoms with Gasteiger partial charge in [0.2, 0.25) is 0 Å². The summed E-state index contributed by atoms with van der Waals surface area (Å²) in [7, 11) is 0. The molecule has 108 valence electrons. The first kappa shape index (κ1) is 13.8. The summed E-state index contributed by atoms with van der Waals surface area (Å²) < 4.78 is 8.08. The van der Waals surface area contributed by atoms with Crippen LogP contribution in [0.4, 0.5) is 0 Å². The smallest absolute Gasteiger partial charge is 0.111 e. The first-order valence-corrected chi connectivity index (χ1v) is 7.91. The van der Waals surface area contributed by atoms with Gasteiger partial charge in [-0.25, -0.2) is 4.98 Å². The standard InChI is InChI=1S/C15H21N3OS/c1-15(2,14-4-3-7-20-14)10-18-11-17-8-12(18)13-9-16-5-6-19-13/h3-4,7-8,11,13,16H,5-6,9-10H2,1-2H3. The lowest BCUT2D eigenvalue weighted by atomic mass is 9.91. The Morgan fingerprint density at radius 3 is 3.15 bits per heavy atom. The monoisotopic (exact) mass is 291 g/mol. The molecular weight excluding hydrogens is 270 g/mol. The Kier molecular flexibility index (Phi) is 3.92. The third kappa shape index (κ3) is 2.80. The number of morpholine rings is 1. The molecule has 4 nitrogen and oxygen atoms in total. The van der Waals surface area contributed by atoms with Crippen molar-refractivity contribution < 1.29 is 4.74 Å². The van der Waals surface area contributed by atoms with Crippen molar-refractivity contribution in [1.82, 2.24) is 14.9 Å². The maximum Gasteiger partial charge on any atom is 0.111 e. The topological polar surface area (TPSA) is 39.1 Å². The van der Waals surface area contributed by atoms with Gasteiger partial charge in [-0.3, -0.25) is 0 Å². The van der Waals surface area contributed by atoms with E-state index >= 15 is 0 Å². The number of nitrogens with zero attached hydrogens (tertiary/aromatic N) is 2. The summed E-state index contributed by atoms with van der Waals surface area (Å²) in [5, 5.41) is 5.52. The van der Waals surface area contributed by atoms with Crippen molar-refractivity contribution in [1.29, 1.82) is 0 Å². The molecule has 20 heavy (non-hydrogen) atoms. The van der Waals surface area contributed by atoms with Crippen LogP contribution in [0.5, 0.6) is 0 Å². The molecule has 0 spiro atoms. The maximum atomic E-state index is 5.85. The molecular formula is C15H21N3OS. The lowest BCUT2D eigenvalue weighted by Gasteiger charge is -2.28. The van der Waals surface area contributed by atoms with Crippen LogP contribution in [-0.4, -0.2) is 29.2 Å². The zero-order valence-corrected chi connectivity index (χ0v) is 12.8. The minimum atomic E-state index is 0.103. The van der Waals surface area contributed by atoms with Gasteiger partial charge in [0, 0.05) is 29.9 Å². The Morgan fingerprint density at radius 1 is 1.55 bits per heavy atom. The van der Waals surface area contributed by atoms with Gasteiger partial charge in [-0.15, -0.1) is 11.3 Å². The van der Waals surface area contributed by atoms with Gasteiger partial charge in [-0.2, -0.15) is 0 Å². The first-order chi connectivity index (χ1) is 9.67. The van der Waals surface area contributed by atoms with E-state index in [1.54, 1.807) is 0 Å². The van der Waals surface area contributed by atoms with E-state index < -0.39 is 0 Å². The molecule has 2 aromatic rings. The SMILES string of the molecule is CC(C)(Cn1cncc1C1CNCCO1)c1cccs1. The number of nitrogens with one attached hydrogen (secondary N) is 1. The van der Waals surface area contributed by atoms with Crippen LogP contribution in [0, 0.1) is 0 Å². The molecule has 0 saturated carbocycles. The summed E-state index contributed by atoms with van der Waals surface area (Å²) in [4.78, 5) is 5.72. The second-order valence-corrected chi connectivity index (χ2v) is 6.82. The lowest BCUT2D eigenvalue weighted by molar-refractivity contribution is 0.0223. The van der Waals surface area contributed by atoms with Crippen LogP contribution in [0.2, 0.25) is 0 Å². The predicted molar refractivity (Wildman–Crippen MR) is 81.1 cm³/mol. The summed E-state index contributed by atoms with van der Waals surface area (Å²) in [6, 6.07) is 4.32. The molecule has 3 rings (SSSR count). The molecule has 1 N–H and O–H groups in total. The average Bonchev–Trinajstić information content (AvgIpc) is 3.10. The highest BCUT2D eigenvalue weighted by Crippen LogP contribution is 2.30. The number of hydrogen-bond acceptors (Lipinski definition) is 4. The van der Waals surface area contributed by atoms with Crippen LogP contribution in [0.25, 0.3) is 0 Å². The lowest BCUT2D eigenvalue weighted by Crippen LogP contribution is -2.35. The number of thiophene rings is 1. The van der Waals surface area contributed by atoms with Gasteiger partial charge in [0.05, 0.1) is 24.8 Å². The zero-order valence-electron chi connectivity index (χ0n) is 12.0. The van der Waals surface area contributed by atoms with Crippen LogP contribution in [0.1, 0.15) is 30.5 Å². The predicted octanol–water partition coefficient (Wildman–Crippen LogP) is 2.58. The van der Waals surface area contributed by atoms with Gasteiger partial charge < -0.3 is 14.6 Å². The van der Waals surface area contributed by atoms with Crippen LogP contribution in [-0.2, 0) is 16.7 Å². The summed E-state index contributed by atoms with van der Waals surface area (Å²) >= 11 is 1.82. The van der Waals surface area contributed by atoms with E-state index in [1.165, 1.54) is 10.6 Å². The largest absolute Gasteiger partial charge is 0.369 e. The Balaban J connectivity index is 1.79. The molecule has 1 aliphatic rings. The quantitative estimate of drug-likeness (QED) is 0.941. The molecule has 1 unspecified atom stereocenters. The Labute approximate surface area is 123 Å². The van der Waals surface area contributed by atoms with E-state index in [2.05, 4.69) is 46.2 Å². The van der Waals surface area contributed by atoms with E-state index in [0.29, 0.717) is 0 Å². The fourth-order valence-electron chi connectivity index (χ4n) is 2.65. The Bertz CT molecular complexity index is 541. The van der Waals surface area contributed by atoms with Crippen LogP contribution < -0.4 is 5.32 Å². The second-order valence-electron chi connectivity index (χ2n) is 5.87. The third-order valence-corrected chi connectivity index (χ3v) is 4.99. The summed E-state index contributed by atoms with van der Waals surface area (Å²) in [6.45, 7) is 8.05. The van der Waals surface area contributed by atoms with Gasteiger partial charge >= 0.3 is 0 Å². The molecule has 0 aliphatic carbocycles. The molecule has 0 radical (unpaired) electrons. The van der Waals surface area contributed by atoms with E-state index in [9.17, 15) is 0 Å². The van der Waals surface area contributed by atoms with Gasteiger partial charge in [0.15, 0.2) is 0 Å². The minimum Gasteiger partial charge on any atom is -0.369 e. The highest BCUT2D eigenvalue weighted by Gasteiger charge is 2.26. The van der Waals surface area contributed by atoms with E-state index in [4.69, 9.17) is 4.74 Å². The van der Waals surface area contributed by atoms with Crippen molar-refractivity contribution in [2.45, 2.75) is 31.9 Å². The average molecular weight is 291 g/mol. The van der Waals surface area contributed by atoms with Gasteiger partial charge in [-0.1, -0.05) is 19.9 Å². The van der Waals surface area contributed by atoms with E-state index in [-0.39, 0.29) is 11.5 Å². The fraction of sp³-hybridized carbons (Fsp3) is 0.533. The summed E-state index contributed by atoms with van der Waals surface area (Å²) in [6.07, 6.45) is 3.97. The maximum absolute atomic E-state index is 5.85. The zero-order chi connectivity index (χ0) is 14.0. The van der Waals surface area contributed by atoms with Crippen molar-refractivity contribution in [3.05, 3.63) is 40.6 Å². The van der Waals surface area contributed by atoms with Crippen molar-refractivity contribution in [2.24, 2.45) is 0 Å². The summed E-state index contributed by atoms with van der Waals surface area (Å²) in [5.74, 6) is 0. The highest BCUT2D eigenvalue weighted by atomic mass is 32.1. The molecule has 1 fully saturated rings. The number of rotatable bonds is 4. The van der Waals surface area contributed by atoms with Crippen molar-refractivity contribution in [3.8, 4) is 0 Å².